The highest BCUT2D eigenvalue weighted by Crippen LogP contribution is 2.43. The Kier molecular flexibility index (Phi) is 6.69. The Labute approximate surface area is 204 Å². The van der Waals surface area contributed by atoms with Crippen LogP contribution in [-0.2, 0) is 9.53 Å². The second kappa shape index (κ2) is 10.0. The standard InChI is InChI=1S/C24H31N7O4/c1-15(32)30-9-7-16(8-10-30)19-20-21(35-29-19)23(31-11-13-34-14-12-31)28-22(27-20)17-3-5-18(6-4-17)26-24(33)25-2/h3-6,16,19,29H,7-14H2,1-2H3,(H2,25,26,33). The number of benzene rings is 1. The van der Waals surface area contributed by atoms with Gasteiger partial charge in [-0.05, 0) is 43.0 Å². The number of piperidine rings is 1. The fourth-order valence-corrected chi connectivity index (χ4v) is 4.82. The number of ether oxygens (including phenoxy) is 1. The van der Waals surface area contributed by atoms with E-state index in [9.17, 15) is 9.59 Å². The van der Waals surface area contributed by atoms with Gasteiger partial charge in [0.05, 0.1) is 19.3 Å². The van der Waals surface area contributed by atoms with Gasteiger partial charge in [-0.25, -0.2) is 14.8 Å². The highest BCUT2D eigenvalue weighted by molar-refractivity contribution is 5.89. The normalized spacial score (nSPS) is 20.2. The Morgan fingerprint density at radius 3 is 2.43 bits per heavy atom. The van der Waals surface area contributed by atoms with E-state index in [0.29, 0.717) is 36.4 Å². The lowest BCUT2D eigenvalue weighted by molar-refractivity contribution is -0.130. The Morgan fingerprint density at radius 1 is 1.06 bits per heavy atom. The molecule has 0 bridgehead atoms. The summed E-state index contributed by atoms with van der Waals surface area (Å²) in [6.45, 7) is 5.81. The second-order valence-corrected chi connectivity index (χ2v) is 9.01. The van der Waals surface area contributed by atoms with Crippen LogP contribution in [0, 0.1) is 5.92 Å². The number of amides is 3. The molecule has 1 atom stereocenters. The first-order valence-corrected chi connectivity index (χ1v) is 12.0. The largest absolute Gasteiger partial charge is 0.402 e. The molecule has 1 unspecified atom stereocenters. The van der Waals surface area contributed by atoms with E-state index in [2.05, 4.69) is 21.0 Å². The number of likely N-dealkylation sites (tertiary alicyclic amines) is 1. The van der Waals surface area contributed by atoms with Gasteiger partial charge in [0.15, 0.2) is 11.6 Å². The lowest BCUT2D eigenvalue weighted by atomic mass is 9.88. The van der Waals surface area contributed by atoms with Crippen molar-refractivity contribution in [3.05, 3.63) is 30.0 Å². The number of carbonyl (C=O) groups is 2. The van der Waals surface area contributed by atoms with Crippen LogP contribution in [0.25, 0.3) is 11.4 Å². The van der Waals surface area contributed by atoms with Gasteiger partial charge in [-0.3, -0.25) is 4.79 Å². The molecule has 3 N–H and O–H groups in total. The molecular formula is C24H31N7O4. The molecule has 11 heteroatoms. The lowest BCUT2D eigenvalue weighted by Crippen LogP contribution is -2.40. The van der Waals surface area contributed by atoms with Crippen molar-refractivity contribution in [3.8, 4) is 17.1 Å². The van der Waals surface area contributed by atoms with Crippen LogP contribution in [0.2, 0.25) is 0 Å². The van der Waals surface area contributed by atoms with Gasteiger partial charge in [0.1, 0.15) is 5.69 Å². The van der Waals surface area contributed by atoms with Gasteiger partial charge in [-0.15, -0.1) is 5.48 Å². The van der Waals surface area contributed by atoms with Gasteiger partial charge in [0, 0.05) is 51.4 Å². The molecule has 3 aliphatic rings. The quantitative estimate of drug-likeness (QED) is 0.606. The molecule has 2 aromatic rings. The molecule has 186 valence electrons. The molecule has 5 rings (SSSR count). The number of aromatic nitrogens is 2. The average Bonchev–Trinajstić information content (AvgIpc) is 3.33. The number of hydrogen-bond acceptors (Lipinski definition) is 8. The van der Waals surface area contributed by atoms with Crippen molar-refractivity contribution in [3.63, 3.8) is 0 Å². The van der Waals surface area contributed by atoms with Gasteiger partial charge in [-0.2, -0.15) is 0 Å². The van der Waals surface area contributed by atoms with Crippen molar-refractivity contribution in [1.82, 2.24) is 25.7 Å². The predicted octanol–water partition coefficient (Wildman–Crippen LogP) is 1.93. The zero-order chi connectivity index (χ0) is 24.4. The summed E-state index contributed by atoms with van der Waals surface area (Å²) in [4.78, 5) is 43.3. The minimum Gasteiger partial charge on any atom is -0.402 e. The van der Waals surface area contributed by atoms with E-state index in [1.807, 2.05) is 29.2 Å². The molecule has 4 heterocycles. The first-order chi connectivity index (χ1) is 17.0. The summed E-state index contributed by atoms with van der Waals surface area (Å²) in [7, 11) is 1.58. The van der Waals surface area contributed by atoms with Crippen LogP contribution in [0.3, 0.4) is 0 Å². The zero-order valence-corrected chi connectivity index (χ0v) is 20.0. The topological polar surface area (TPSA) is 121 Å². The Balaban J connectivity index is 1.46. The third-order valence-electron chi connectivity index (χ3n) is 6.85. The number of rotatable bonds is 4. The van der Waals surface area contributed by atoms with Crippen molar-refractivity contribution >= 4 is 23.4 Å². The maximum Gasteiger partial charge on any atom is 0.318 e. The molecule has 11 nitrogen and oxygen atoms in total. The van der Waals surface area contributed by atoms with Crippen LogP contribution in [0.1, 0.15) is 31.5 Å². The van der Waals surface area contributed by atoms with Crippen LogP contribution in [-0.4, -0.2) is 73.2 Å². The van der Waals surface area contributed by atoms with Crippen LogP contribution < -0.4 is 25.9 Å². The van der Waals surface area contributed by atoms with Crippen LogP contribution in [0.4, 0.5) is 16.3 Å². The Bertz CT molecular complexity index is 1080. The third-order valence-corrected chi connectivity index (χ3v) is 6.85. The number of carbonyl (C=O) groups excluding carboxylic acids is 2. The number of hydroxylamine groups is 1. The predicted molar refractivity (Wildman–Crippen MR) is 130 cm³/mol. The summed E-state index contributed by atoms with van der Waals surface area (Å²) in [5.41, 5.74) is 5.60. The molecule has 3 aliphatic heterocycles. The molecule has 1 aromatic heterocycles. The van der Waals surface area contributed by atoms with E-state index in [4.69, 9.17) is 19.5 Å². The molecule has 3 amide bonds. The number of nitrogens with one attached hydrogen (secondary N) is 3. The minimum absolute atomic E-state index is 0.0742. The maximum absolute atomic E-state index is 11.8. The fraction of sp³-hybridized carbons (Fsp3) is 0.500. The summed E-state index contributed by atoms with van der Waals surface area (Å²) < 4.78 is 5.54. The Hall–Kier alpha value is -3.44. The number of hydrogen-bond donors (Lipinski definition) is 3. The Morgan fingerprint density at radius 2 is 1.77 bits per heavy atom. The first-order valence-electron chi connectivity index (χ1n) is 12.0. The van der Waals surface area contributed by atoms with Crippen molar-refractivity contribution in [1.29, 1.82) is 0 Å². The maximum atomic E-state index is 11.8. The minimum atomic E-state index is -0.275. The first kappa shape index (κ1) is 23.3. The molecule has 1 aromatic carbocycles. The smallest absolute Gasteiger partial charge is 0.318 e. The van der Waals surface area contributed by atoms with Gasteiger partial charge in [0.2, 0.25) is 11.7 Å². The molecule has 2 fully saturated rings. The fourth-order valence-electron chi connectivity index (χ4n) is 4.82. The number of anilines is 2. The zero-order valence-electron chi connectivity index (χ0n) is 20.0. The molecule has 2 saturated heterocycles. The highest BCUT2D eigenvalue weighted by Gasteiger charge is 2.39. The summed E-state index contributed by atoms with van der Waals surface area (Å²) in [6.07, 6.45) is 1.76. The van der Waals surface area contributed by atoms with E-state index >= 15 is 0 Å². The number of morpholine rings is 1. The van der Waals surface area contributed by atoms with Gasteiger partial charge < -0.3 is 30.0 Å². The number of nitrogens with zero attached hydrogens (tertiary/aromatic N) is 4. The van der Waals surface area contributed by atoms with E-state index in [-0.39, 0.29) is 18.0 Å². The summed E-state index contributed by atoms with van der Waals surface area (Å²) in [5.74, 6) is 2.46. The summed E-state index contributed by atoms with van der Waals surface area (Å²) in [6, 6.07) is 7.12. The lowest BCUT2D eigenvalue weighted by Gasteiger charge is -2.33. The third kappa shape index (κ3) is 4.87. The van der Waals surface area contributed by atoms with Crippen molar-refractivity contribution in [2.75, 3.05) is 56.7 Å². The second-order valence-electron chi connectivity index (χ2n) is 9.01. The van der Waals surface area contributed by atoms with E-state index in [1.165, 1.54) is 0 Å². The summed E-state index contributed by atoms with van der Waals surface area (Å²) >= 11 is 0. The highest BCUT2D eigenvalue weighted by atomic mass is 16.7. The van der Waals surface area contributed by atoms with E-state index in [1.54, 1.807) is 14.0 Å². The van der Waals surface area contributed by atoms with Crippen molar-refractivity contribution in [2.24, 2.45) is 5.92 Å². The molecular weight excluding hydrogens is 450 g/mol. The van der Waals surface area contributed by atoms with Crippen LogP contribution >= 0.6 is 0 Å². The van der Waals surface area contributed by atoms with Crippen molar-refractivity contribution < 1.29 is 19.2 Å². The molecule has 0 aliphatic carbocycles. The van der Waals surface area contributed by atoms with Gasteiger partial charge >= 0.3 is 6.03 Å². The van der Waals surface area contributed by atoms with Crippen LogP contribution in [0.5, 0.6) is 5.75 Å². The molecule has 35 heavy (non-hydrogen) atoms. The molecule has 0 spiro atoms. The van der Waals surface area contributed by atoms with E-state index in [0.717, 1.165) is 56.1 Å². The number of urea groups is 1. The molecule has 0 saturated carbocycles. The van der Waals surface area contributed by atoms with Crippen LogP contribution in [0.15, 0.2) is 24.3 Å². The monoisotopic (exact) mass is 481 g/mol. The van der Waals surface area contributed by atoms with Gasteiger partial charge in [-0.1, -0.05) is 0 Å². The van der Waals surface area contributed by atoms with Crippen molar-refractivity contribution in [2.45, 2.75) is 25.8 Å². The van der Waals surface area contributed by atoms with E-state index < -0.39 is 0 Å². The number of fused-ring (bicyclic) bond motifs is 1. The summed E-state index contributed by atoms with van der Waals surface area (Å²) in [5, 5.41) is 5.31. The van der Waals surface area contributed by atoms with Gasteiger partial charge in [0.25, 0.3) is 0 Å². The average molecular weight is 482 g/mol. The SMILES string of the molecule is CNC(=O)Nc1ccc(-c2nc3c(c(N4CCOCC4)n2)ONC3C2CCN(C(C)=O)CC2)cc1. The molecule has 0 radical (unpaired) electrons.